The van der Waals surface area contributed by atoms with Crippen molar-refractivity contribution in [2.24, 2.45) is 0 Å². The first-order valence-electron chi connectivity index (χ1n) is 7.47. The topological polar surface area (TPSA) is 44.1 Å². The van der Waals surface area contributed by atoms with E-state index in [9.17, 15) is 4.79 Å². The fraction of sp³-hybridized carbons (Fsp3) is 0.158. The van der Waals surface area contributed by atoms with Crippen molar-refractivity contribution in [3.8, 4) is 22.8 Å². The molecule has 0 bridgehead atoms. The number of benzene rings is 2. The van der Waals surface area contributed by atoms with Crippen LogP contribution in [-0.2, 0) is 4.79 Å². The van der Waals surface area contributed by atoms with Crippen LogP contribution in [0.4, 0.5) is 0 Å². The lowest BCUT2D eigenvalue weighted by Crippen LogP contribution is -2.08. The lowest BCUT2D eigenvalue weighted by Gasteiger charge is -2.11. The second kappa shape index (κ2) is 6.08. The number of hydrogen-bond donors (Lipinski definition) is 0. The van der Waals surface area contributed by atoms with Gasteiger partial charge in [-0.2, -0.15) is 9.78 Å². The molecule has 3 rings (SSSR count). The molecular weight excluding hydrogens is 288 g/mol. The summed E-state index contributed by atoms with van der Waals surface area (Å²) in [7, 11) is 0. The van der Waals surface area contributed by atoms with Crippen LogP contribution >= 0.6 is 0 Å². The summed E-state index contributed by atoms with van der Waals surface area (Å²) in [5.41, 5.74) is 4.91. The van der Waals surface area contributed by atoms with Crippen LogP contribution in [0, 0.1) is 13.8 Å². The van der Waals surface area contributed by atoms with Crippen LogP contribution in [0.5, 0.6) is 5.88 Å². The zero-order valence-corrected chi connectivity index (χ0v) is 13.4. The average Bonchev–Trinajstić information content (AvgIpc) is 2.94. The normalized spacial score (nSPS) is 10.6. The molecule has 4 nitrogen and oxygen atoms in total. The molecule has 3 aromatic rings. The Bertz CT molecular complexity index is 851. The molecular formula is C19H18N2O2. The molecule has 0 saturated carbocycles. The third kappa shape index (κ3) is 3.01. The zero-order valence-electron chi connectivity index (χ0n) is 13.4. The van der Waals surface area contributed by atoms with E-state index in [2.05, 4.69) is 5.10 Å². The van der Waals surface area contributed by atoms with E-state index in [1.54, 1.807) is 10.7 Å². The molecule has 0 aliphatic heterocycles. The highest BCUT2D eigenvalue weighted by atomic mass is 16.5. The highest BCUT2D eigenvalue weighted by molar-refractivity contribution is 5.70. The maximum absolute atomic E-state index is 11.4. The van der Waals surface area contributed by atoms with Gasteiger partial charge >= 0.3 is 5.97 Å². The molecule has 1 heterocycles. The molecule has 0 spiro atoms. The van der Waals surface area contributed by atoms with Crippen molar-refractivity contribution in [3.63, 3.8) is 0 Å². The van der Waals surface area contributed by atoms with E-state index in [4.69, 9.17) is 4.74 Å². The van der Waals surface area contributed by atoms with Crippen molar-refractivity contribution in [2.45, 2.75) is 20.8 Å². The van der Waals surface area contributed by atoms with E-state index in [1.807, 2.05) is 62.4 Å². The molecule has 0 N–H and O–H groups in total. The third-order valence-electron chi connectivity index (χ3n) is 3.80. The number of hydrogen-bond acceptors (Lipinski definition) is 3. The minimum Gasteiger partial charge on any atom is -0.407 e. The monoisotopic (exact) mass is 306 g/mol. The number of aryl methyl sites for hydroxylation is 1. The van der Waals surface area contributed by atoms with Crippen LogP contribution in [0.15, 0.2) is 54.6 Å². The smallest absolute Gasteiger partial charge is 0.309 e. The fourth-order valence-electron chi connectivity index (χ4n) is 2.47. The van der Waals surface area contributed by atoms with Crippen molar-refractivity contribution in [3.05, 3.63) is 65.7 Å². The Hall–Kier alpha value is -2.88. The van der Waals surface area contributed by atoms with Crippen LogP contribution in [-0.4, -0.2) is 15.7 Å². The molecule has 0 radical (unpaired) electrons. The van der Waals surface area contributed by atoms with Gasteiger partial charge in [0, 0.05) is 18.6 Å². The Morgan fingerprint density at radius 1 is 1.04 bits per heavy atom. The summed E-state index contributed by atoms with van der Waals surface area (Å²) in [6.45, 7) is 5.47. The van der Waals surface area contributed by atoms with Crippen LogP contribution in [0.1, 0.15) is 18.1 Å². The molecule has 1 aromatic heterocycles. The van der Waals surface area contributed by atoms with Gasteiger partial charge in [-0.3, -0.25) is 4.79 Å². The average molecular weight is 306 g/mol. The molecule has 0 amide bonds. The minimum atomic E-state index is -0.365. The summed E-state index contributed by atoms with van der Waals surface area (Å²) in [5.74, 6) is 0.0566. The summed E-state index contributed by atoms with van der Waals surface area (Å²) in [4.78, 5) is 11.4. The van der Waals surface area contributed by atoms with E-state index in [-0.39, 0.29) is 5.97 Å². The van der Waals surface area contributed by atoms with E-state index in [0.29, 0.717) is 5.88 Å². The Morgan fingerprint density at radius 2 is 1.78 bits per heavy atom. The van der Waals surface area contributed by atoms with Gasteiger partial charge in [-0.25, -0.2) is 0 Å². The largest absolute Gasteiger partial charge is 0.407 e. The Morgan fingerprint density at radius 3 is 2.48 bits per heavy atom. The Balaban J connectivity index is 2.16. The van der Waals surface area contributed by atoms with Crippen molar-refractivity contribution >= 4 is 5.97 Å². The van der Waals surface area contributed by atoms with Crippen molar-refractivity contribution in [1.82, 2.24) is 9.78 Å². The van der Waals surface area contributed by atoms with Crippen LogP contribution in [0.3, 0.4) is 0 Å². The lowest BCUT2D eigenvalue weighted by molar-refractivity contribution is -0.132. The molecule has 116 valence electrons. The second-order valence-electron chi connectivity index (χ2n) is 5.46. The maximum Gasteiger partial charge on any atom is 0.309 e. The SMILES string of the molecule is CC(=O)Oc1cc(-c2ccccc2)nn1-c1cccc(C)c1C. The highest BCUT2D eigenvalue weighted by Gasteiger charge is 2.15. The number of carbonyl (C=O) groups excluding carboxylic acids is 1. The van der Waals surface area contributed by atoms with E-state index < -0.39 is 0 Å². The molecule has 0 aliphatic carbocycles. The van der Waals surface area contributed by atoms with Crippen LogP contribution in [0.2, 0.25) is 0 Å². The summed E-state index contributed by atoms with van der Waals surface area (Å²) in [6.07, 6.45) is 0. The van der Waals surface area contributed by atoms with Crippen molar-refractivity contribution < 1.29 is 9.53 Å². The predicted octanol–water partition coefficient (Wildman–Crippen LogP) is 4.08. The van der Waals surface area contributed by atoms with Crippen LogP contribution in [0.25, 0.3) is 16.9 Å². The van der Waals surface area contributed by atoms with Crippen molar-refractivity contribution in [2.75, 3.05) is 0 Å². The standard InChI is InChI=1S/C19H18N2O2/c1-13-8-7-11-18(14(13)2)21-19(23-15(3)22)12-17(20-21)16-9-5-4-6-10-16/h4-12H,1-3H3. The maximum atomic E-state index is 11.4. The lowest BCUT2D eigenvalue weighted by atomic mass is 10.1. The molecule has 0 unspecified atom stereocenters. The molecule has 23 heavy (non-hydrogen) atoms. The number of ether oxygens (including phenoxy) is 1. The number of esters is 1. The van der Waals surface area contributed by atoms with E-state index in [0.717, 1.165) is 28.1 Å². The summed E-state index contributed by atoms with van der Waals surface area (Å²) in [5, 5.41) is 4.65. The van der Waals surface area contributed by atoms with Gasteiger partial charge < -0.3 is 4.74 Å². The molecule has 0 aliphatic rings. The summed E-state index contributed by atoms with van der Waals surface area (Å²) < 4.78 is 7.04. The van der Waals surface area contributed by atoms with Gasteiger partial charge in [0.15, 0.2) is 0 Å². The highest BCUT2D eigenvalue weighted by Crippen LogP contribution is 2.28. The number of nitrogens with zero attached hydrogens (tertiary/aromatic N) is 2. The first kappa shape index (κ1) is 15.0. The quantitative estimate of drug-likeness (QED) is 0.685. The van der Waals surface area contributed by atoms with Gasteiger partial charge in [0.05, 0.1) is 11.4 Å². The van der Waals surface area contributed by atoms with Gasteiger partial charge in [-0.15, -0.1) is 0 Å². The molecule has 0 saturated heterocycles. The van der Waals surface area contributed by atoms with E-state index >= 15 is 0 Å². The van der Waals surface area contributed by atoms with Gasteiger partial charge in [-0.05, 0) is 31.0 Å². The van der Waals surface area contributed by atoms with Gasteiger partial charge in [0.2, 0.25) is 5.88 Å². The molecule has 4 heteroatoms. The second-order valence-corrected chi connectivity index (χ2v) is 5.46. The van der Waals surface area contributed by atoms with Gasteiger partial charge in [0.25, 0.3) is 0 Å². The summed E-state index contributed by atoms with van der Waals surface area (Å²) in [6, 6.07) is 17.6. The first-order valence-corrected chi connectivity index (χ1v) is 7.47. The number of carbonyl (C=O) groups is 1. The fourth-order valence-corrected chi connectivity index (χ4v) is 2.47. The van der Waals surface area contributed by atoms with Gasteiger partial charge in [0.1, 0.15) is 0 Å². The van der Waals surface area contributed by atoms with Gasteiger partial charge in [-0.1, -0.05) is 42.5 Å². The number of rotatable bonds is 3. The zero-order chi connectivity index (χ0) is 16.4. The molecule has 0 atom stereocenters. The third-order valence-corrected chi connectivity index (χ3v) is 3.80. The van der Waals surface area contributed by atoms with Crippen LogP contribution < -0.4 is 4.74 Å². The Labute approximate surface area is 135 Å². The summed E-state index contributed by atoms with van der Waals surface area (Å²) >= 11 is 0. The first-order chi connectivity index (χ1) is 11.1. The molecule has 0 fully saturated rings. The van der Waals surface area contributed by atoms with E-state index in [1.165, 1.54) is 6.92 Å². The minimum absolute atomic E-state index is 0.365. The predicted molar refractivity (Wildman–Crippen MR) is 89.8 cm³/mol. The molecule has 2 aromatic carbocycles. The number of aromatic nitrogens is 2. The van der Waals surface area contributed by atoms with Crippen molar-refractivity contribution in [1.29, 1.82) is 0 Å². The Kier molecular flexibility index (Phi) is 3.98.